The molecule has 0 spiro atoms. The molecular formula is C18H24FN3O. The first-order valence-electron chi connectivity index (χ1n) is 7.77. The smallest absolute Gasteiger partial charge is 0.220 e. The summed E-state index contributed by atoms with van der Waals surface area (Å²) in [5, 5.41) is 7.38. The van der Waals surface area contributed by atoms with Crippen LogP contribution in [0.25, 0.3) is 5.69 Å². The maximum atomic E-state index is 13.0. The molecule has 1 aromatic heterocycles. The van der Waals surface area contributed by atoms with Crippen LogP contribution >= 0.6 is 0 Å². The van der Waals surface area contributed by atoms with Crippen molar-refractivity contribution in [2.45, 2.75) is 47.1 Å². The molecule has 1 N–H and O–H groups in total. The van der Waals surface area contributed by atoms with Gasteiger partial charge in [-0.3, -0.25) is 4.79 Å². The van der Waals surface area contributed by atoms with Crippen molar-refractivity contribution in [2.75, 3.05) is 0 Å². The highest BCUT2D eigenvalue weighted by Crippen LogP contribution is 2.22. The third kappa shape index (κ3) is 4.41. The minimum atomic E-state index is -0.276. The highest BCUT2D eigenvalue weighted by atomic mass is 19.1. The van der Waals surface area contributed by atoms with Gasteiger partial charge in [0.05, 0.1) is 17.9 Å². The Hall–Kier alpha value is -2.17. The molecule has 1 heterocycles. The molecule has 0 aliphatic carbocycles. The summed E-state index contributed by atoms with van der Waals surface area (Å²) >= 11 is 0. The van der Waals surface area contributed by atoms with Gasteiger partial charge < -0.3 is 5.32 Å². The normalized spacial score (nSPS) is 13.0. The number of carbonyl (C=O) groups is 1. The number of rotatable bonds is 4. The van der Waals surface area contributed by atoms with Crippen LogP contribution in [0, 0.1) is 18.2 Å². The average molecular weight is 317 g/mol. The lowest BCUT2D eigenvalue weighted by Gasteiger charge is -2.20. The maximum absolute atomic E-state index is 13.0. The van der Waals surface area contributed by atoms with Crippen LogP contribution in [0.2, 0.25) is 0 Å². The lowest BCUT2D eigenvalue weighted by atomic mass is 9.92. The third-order valence-electron chi connectivity index (χ3n) is 3.65. The molecule has 0 saturated heterocycles. The molecule has 0 saturated carbocycles. The van der Waals surface area contributed by atoms with Gasteiger partial charge in [-0.25, -0.2) is 9.07 Å². The summed E-state index contributed by atoms with van der Waals surface area (Å²) in [6, 6.07) is 6.05. The van der Waals surface area contributed by atoms with Crippen molar-refractivity contribution in [3.8, 4) is 5.69 Å². The number of benzene rings is 1. The molecule has 1 unspecified atom stereocenters. The van der Waals surface area contributed by atoms with E-state index in [9.17, 15) is 9.18 Å². The average Bonchev–Trinajstić information content (AvgIpc) is 2.79. The van der Waals surface area contributed by atoms with Crippen molar-refractivity contribution < 1.29 is 9.18 Å². The third-order valence-corrected chi connectivity index (χ3v) is 3.65. The van der Waals surface area contributed by atoms with Gasteiger partial charge in [-0.2, -0.15) is 5.10 Å². The van der Waals surface area contributed by atoms with E-state index in [-0.39, 0.29) is 23.2 Å². The maximum Gasteiger partial charge on any atom is 0.220 e. The zero-order valence-electron chi connectivity index (χ0n) is 14.4. The molecule has 0 aliphatic rings. The van der Waals surface area contributed by atoms with Crippen LogP contribution < -0.4 is 5.32 Å². The number of hydrogen-bond donors (Lipinski definition) is 1. The number of nitrogens with one attached hydrogen (secondary N) is 1. The Bertz CT molecular complexity index is 683. The van der Waals surface area contributed by atoms with Crippen molar-refractivity contribution in [3.05, 3.63) is 47.5 Å². The van der Waals surface area contributed by atoms with Gasteiger partial charge in [-0.05, 0) is 43.5 Å². The van der Waals surface area contributed by atoms with Crippen molar-refractivity contribution in [1.29, 1.82) is 0 Å². The van der Waals surface area contributed by atoms with Gasteiger partial charge in [0.25, 0.3) is 0 Å². The topological polar surface area (TPSA) is 46.9 Å². The molecule has 23 heavy (non-hydrogen) atoms. The largest absolute Gasteiger partial charge is 0.349 e. The zero-order valence-corrected chi connectivity index (χ0v) is 14.4. The quantitative estimate of drug-likeness (QED) is 0.928. The van der Waals surface area contributed by atoms with Gasteiger partial charge >= 0.3 is 0 Å². The van der Waals surface area contributed by atoms with Gasteiger partial charge in [-0.1, -0.05) is 20.8 Å². The van der Waals surface area contributed by atoms with E-state index >= 15 is 0 Å². The first kappa shape index (κ1) is 17.2. The van der Waals surface area contributed by atoms with Gasteiger partial charge in [-0.15, -0.1) is 0 Å². The van der Waals surface area contributed by atoms with Crippen LogP contribution in [-0.4, -0.2) is 15.7 Å². The van der Waals surface area contributed by atoms with E-state index in [2.05, 4.69) is 10.4 Å². The monoisotopic (exact) mass is 317 g/mol. The van der Waals surface area contributed by atoms with E-state index in [0.717, 1.165) is 16.9 Å². The van der Waals surface area contributed by atoms with Crippen LogP contribution in [0.5, 0.6) is 0 Å². The fourth-order valence-electron chi connectivity index (χ4n) is 2.54. The summed E-state index contributed by atoms with van der Waals surface area (Å²) in [7, 11) is 0. The summed E-state index contributed by atoms with van der Waals surface area (Å²) in [5.41, 5.74) is 2.64. The Morgan fingerprint density at radius 1 is 1.30 bits per heavy atom. The predicted molar refractivity (Wildman–Crippen MR) is 88.9 cm³/mol. The Morgan fingerprint density at radius 2 is 1.91 bits per heavy atom. The Kier molecular flexibility index (Phi) is 4.88. The van der Waals surface area contributed by atoms with E-state index in [1.165, 1.54) is 12.1 Å². The molecule has 0 aliphatic heterocycles. The second kappa shape index (κ2) is 6.52. The van der Waals surface area contributed by atoms with Crippen LogP contribution in [0.3, 0.4) is 0 Å². The summed E-state index contributed by atoms with van der Waals surface area (Å²) in [6.45, 7) is 10.00. The van der Waals surface area contributed by atoms with E-state index in [4.69, 9.17) is 0 Å². The van der Waals surface area contributed by atoms with Crippen LogP contribution in [0.1, 0.15) is 51.4 Å². The van der Waals surface area contributed by atoms with Crippen molar-refractivity contribution in [2.24, 2.45) is 5.41 Å². The first-order chi connectivity index (χ1) is 10.7. The van der Waals surface area contributed by atoms with Gasteiger partial charge in [0.15, 0.2) is 0 Å². The molecule has 1 amide bonds. The van der Waals surface area contributed by atoms with Gasteiger partial charge in [0.1, 0.15) is 5.82 Å². The summed E-state index contributed by atoms with van der Waals surface area (Å²) in [6.07, 6.45) is 2.23. The molecule has 1 atom stereocenters. The molecule has 1 aromatic carbocycles. The summed E-state index contributed by atoms with van der Waals surface area (Å²) in [4.78, 5) is 12.1. The highest BCUT2D eigenvalue weighted by molar-refractivity contribution is 5.77. The van der Waals surface area contributed by atoms with Crippen LogP contribution in [0.4, 0.5) is 4.39 Å². The van der Waals surface area contributed by atoms with Crippen molar-refractivity contribution in [1.82, 2.24) is 15.1 Å². The SMILES string of the molecule is Cc1c(C(C)NC(=O)CC(C)(C)C)cnn1-c1ccc(F)cc1. The van der Waals surface area contributed by atoms with Crippen LogP contribution in [0.15, 0.2) is 30.5 Å². The number of carbonyl (C=O) groups excluding carboxylic acids is 1. The van der Waals surface area contributed by atoms with E-state index < -0.39 is 0 Å². The van der Waals surface area contributed by atoms with E-state index in [1.807, 2.05) is 34.6 Å². The lowest BCUT2D eigenvalue weighted by Crippen LogP contribution is -2.30. The summed E-state index contributed by atoms with van der Waals surface area (Å²) < 4.78 is 14.8. The molecule has 0 fully saturated rings. The number of amides is 1. The number of nitrogens with zero attached hydrogens (tertiary/aromatic N) is 2. The Labute approximate surface area is 136 Å². The van der Waals surface area contributed by atoms with Gasteiger partial charge in [0.2, 0.25) is 5.91 Å². The number of halogens is 1. The molecule has 5 heteroatoms. The number of aromatic nitrogens is 2. The summed E-state index contributed by atoms with van der Waals surface area (Å²) in [5.74, 6) is -0.250. The highest BCUT2D eigenvalue weighted by Gasteiger charge is 2.20. The first-order valence-corrected chi connectivity index (χ1v) is 7.77. The van der Waals surface area contributed by atoms with E-state index in [0.29, 0.717) is 6.42 Å². The molecule has 0 radical (unpaired) electrons. The minimum absolute atomic E-state index is 0.0268. The molecule has 2 aromatic rings. The standard InChI is InChI=1S/C18H24FN3O/c1-12(21-17(23)10-18(3,4)5)16-11-20-22(13(16)2)15-8-6-14(19)7-9-15/h6-9,11-12H,10H2,1-5H3,(H,21,23). The zero-order chi connectivity index (χ0) is 17.2. The molecule has 124 valence electrons. The molecule has 0 bridgehead atoms. The Balaban J connectivity index is 2.15. The Morgan fingerprint density at radius 3 is 2.48 bits per heavy atom. The van der Waals surface area contributed by atoms with Crippen LogP contribution in [-0.2, 0) is 4.79 Å². The van der Waals surface area contributed by atoms with Gasteiger partial charge in [0, 0.05) is 17.7 Å². The van der Waals surface area contributed by atoms with Crippen molar-refractivity contribution >= 4 is 5.91 Å². The number of hydrogen-bond acceptors (Lipinski definition) is 2. The minimum Gasteiger partial charge on any atom is -0.349 e. The fraction of sp³-hybridized carbons (Fsp3) is 0.444. The molecule has 2 rings (SSSR count). The molecule has 4 nitrogen and oxygen atoms in total. The predicted octanol–water partition coefficient (Wildman–Crippen LogP) is 3.93. The van der Waals surface area contributed by atoms with Crippen molar-refractivity contribution in [3.63, 3.8) is 0 Å². The second-order valence-electron chi connectivity index (χ2n) is 7.10. The molecular weight excluding hydrogens is 293 g/mol. The lowest BCUT2D eigenvalue weighted by molar-refractivity contribution is -0.123. The second-order valence-corrected chi connectivity index (χ2v) is 7.10. The van der Waals surface area contributed by atoms with E-state index in [1.54, 1.807) is 23.0 Å². The fourth-order valence-corrected chi connectivity index (χ4v) is 2.54.